The van der Waals surface area contributed by atoms with Crippen LogP contribution < -0.4 is 15.6 Å². The second-order valence-electron chi connectivity index (χ2n) is 8.95. The van der Waals surface area contributed by atoms with E-state index >= 15 is 0 Å². The number of fused-ring (bicyclic) bond motifs is 1. The van der Waals surface area contributed by atoms with E-state index in [1.54, 1.807) is 17.7 Å². The summed E-state index contributed by atoms with van der Waals surface area (Å²) in [6, 6.07) is 17.7. The maximum atomic E-state index is 13.9. The van der Waals surface area contributed by atoms with Crippen molar-refractivity contribution in [2.24, 2.45) is 0 Å². The molecule has 1 N–H and O–H groups in total. The van der Waals surface area contributed by atoms with Crippen LogP contribution in [0.5, 0.6) is 5.75 Å². The summed E-state index contributed by atoms with van der Waals surface area (Å²) in [6.07, 6.45) is 5.10. The monoisotopic (exact) mass is 552 g/mol. The average molecular weight is 553 g/mol. The molecule has 1 aliphatic carbocycles. The Morgan fingerprint density at radius 1 is 1.16 bits per heavy atom. The molecule has 0 unspecified atom stereocenters. The van der Waals surface area contributed by atoms with Gasteiger partial charge < -0.3 is 14.6 Å². The van der Waals surface area contributed by atoms with Gasteiger partial charge in [0.25, 0.3) is 5.56 Å². The van der Waals surface area contributed by atoms with Gasteiger partial charge in [-0.3, -0.25) is 14.2 Å². The molecule has 2 aromatic carbocycles. The lowest BCUT2D eigenvalue weighted by Crippen LogP contribution is -2.34. The summed E-state index contributed by atoms with van der Waals surface area (Å²) in [5.41, 5.74) is 2.10. The molecule has 37 heavy (non-hydrogen) atoms. The highest BCUT2D eigenvalue weighted by Crippen LogP contribution is 2.29. The molecule has 0 aliphatic heterocycles. The highest BCUT2D eigenvalue weighted by molar-refractivity contribution is 7.99. The number of carbonyl (C=O) groups is 1. The minimum Gasteiger partial charge on any atom is -0.495 e. The number of hydrogen-bond acceptors (Lipinski definition) is 7. The quantitative estimate of drug-likeness (QED) is 0.171. The van der Waals surface area contributed by atoms with Crippen LogP contribution in [0.4, 0.5) is 0 Å². The molecule has 4 aromatic rings. The summed E-state index contributed by atoms with van der Waals surface area (Å²) < 4.78 is 10.1. The number of thiazole rings is 1. The third-order valence-corrected chi connectivity index (χ3v) is 8.87. The molecule has 2 aromatic heterocycles. The van der Waals surface area contributed by atoms with E-state index < -0.39 is 0 Å². The predicted octanol–water partition coefficient (Wildman–Crippen LogP) is 5.38. The number of rotatable bonds is 9. The first-order valence-corrected chi connectivity index (χ1v) is 14.5. The molecular weight excluding hydrogens is 525 g/mol. The first kappa shape index (κ1) is 25.7. The van der Waals surface area contributed by atoms with Crippen molar-refractivity contribution in [2.45, 2.75) is 49.8 Å². The number of hydrogen-bond donors (Lipinski definition) is 1. The van der Waals surface area contributed by atoms with Crippen LogP contribution in [0.1, 0.15) is 31.2 Å². The number of thioether (sulfide) groups is 1. The molecule has 192 valence electrons. The first-order chi connectivity index (χ1) is 18.0. The molecule has 1 aliphatic rings. The van der Waals surface area contributed by atoms with Crippen molar-refractivity contribution in [3.63, 3.8) is 0 Å². The number of aryl methyl sites for hydroxylation is 2. The minimum absolute atomic E-state index is 0.0518. The number of nitrogens with one attached hydrogen (secondary N) is 1. The maximum Gasteiger partial charge on any atom is 0.278 e. The summed E-state index contributed by atoms with van der Waals surface area (Å²) in [5, 5.41) is 3.55. The summed E-state index contributed by atoms with van der Waals surface area (Å²) in [4.78, 5) is 31.5. The zero-order valence-corrected chi connectivity index (χ0v) is 23.0. The van der Waals surface area contributed by atoms with Gasteiger partial charge in [0.1, 0.15) is 10.4 Å². The van der Waals surface area contributed by atoms with Gasteiger partial charge in [-0.1, -0.05) is 78.4 Å². The molecule has 0 saturated heterocycles. The van der Waals surface area contributed by atoms with E-state index in [1.807, 2.05) is 41.0 Å². The molecule has 2 heterocycles. The molecule has 1 fully saturated rings. The van der Waals surface area contributed by atoms with Gasteiger partial charge in [0, 0.05) is 12.6 Å². The maximum absolute atomic E-state index is 13.9. The van der Waals surface area contributed by atoms with Crippen molar-refractivity contribution < 1.29 is 9.53 Å². The minimum atomic E-state index is -0.220. The van der Waals surface area contributed by atoms with E-state index in [4.69, 9.17) is 21.9 Å². The van der Waals surface area contributed by atoms with Crippen molar-refractivity contribution in [3.8, 4) is 11.4 Å². The normalized spacial score (nSPS) is 13.8. The molecule has 0 atom stereocenters. The van der Waals surface area contributed by atoms with Crippen LogP contribution in [0.3, 0.4) is 0 Å². The van der Waals surface area contributed by atoms with E-state index in [0.717, 1.165) is 32.1 Å². The second-order valence-corrected chi connectivity index (χ2v) is 11.5. The van der Waals surface area contributed by atoms with Crippen LogP contribution in [0, 0.1) is 3.95 Å². The van der Waals surface area contributed by atoms with Crippen LogP contribution in [0.2, 0.25) is 0 Å². The van der Waals surface area contributed by atoms with Crippen molar-refractivity contribution in [1.29, 1.82) is 0 Å². The van der Waals surface area contributed by atoms with Crippen LogP contribution >= 0.6 is 35.3 Å². The van der Waals surface area contributed by atoms with E-state index in [2.05, 4.69) is 17.4 Å². The lowest BCUT2D eigenvalue weighted by atomic mass is 10.1. The molecule has 0 spiro atoms. The van der Waals surface area contributed by atoms with Crippen LogP contribution in [-0.4, -0.2) is 38.9 Å². The third-order valence-electron chi connectivity index (χ3n) is 6.50. The highest BCUT2D eigenvalue weighted by Gasteiger charge is 2.22. The number of aromatic nitrogens is 3. The van der Waals surface area contributed by atoms with E-state index in [0.29, 0.717) is 37.4 Å². The summed E-state index contributed by atoms with van der Waals surface area (Å²) >= 11 is 8.19. The Morgan fingerprint density at radius 2 is 1.89 bits per heavy atom. The lowest BCUT2D eigenvalue weighted by Gasteiger charge is -2.16. The highest BCUT2D eigenvalue weighted by atomic mass is 32.2. The van der Waals surface area contributed by atoms with Crippen molar-refractivity contribution in [2.75, 3.05) is 12.9 Å². The number of methoxy groups -OCH3 is 1. The molecule has 7 nitrogen and oxygen atoms in total. The van der Waals surface area contributed by atoms with Crippen molar-refractivity contribution in [3.05, 3.63) is 74.5 Å². The number of amides is 1. The molecule has 1 amide bonds. The fourth-order valence-electron chi connectivity index (χ4n) is 4.65. The SMILES string of the molecule is COc1ccccc1-n1c(SCC(=O)NC2CCCC2)nc2c(sc(=S)n2CCc2ccccc2)c1=O. The van der Waals surface area contributed by atoms with Gasteiger partial charge in [0.05, 0.1) is 18.6 Å². The number of nitrogens with zero attached hydrogens (tertiary/aromatic N) is 3. The van der Waals surface area contributed by atoms with Gasteiger partial charge in [-0.25, -0.2) is 4.98 Å². The Hall–Kier alpha value is -2.95. The third kappa shape index (κ3) is 5.66. The second kappa shape index (κ2) is 11.6. The van der Waals surface area contributed by atoms with E-state index in [9.17, 15) is 9.59 Å². The average Bonchev–Trinajstić information content (AvgIpc) is 3.54. The molecule has 0 radical (unpaired) electrons. The van der Waals surface area contributed by atoms with Gasteiger partial charge in [-0.2, -0.15) is 0 Å². The fraction of sp³-hybridized carbons (Fsp3) is 0.333. The van der Waals surface area contributed by atoms with Gasteiger partial charge in [0.15, 0.2) is 14.8 Å². The summed E-state index contributed by atoms with van der Waals surface area (Å²) in [5.74, 6) is 0.664. The van der Waals surface area contributed by atoms with Crippen LogP contribution in [-0.2, 0) is 17.8 Å². The Morgan fingerprint density at radius 3 is 2.65 bits per heavy atom. The largest absolute Gasteiger partial charge is 0.495 e. The molecule has 1 saturated carbocycles. The van der Waals surface area contributed by atoms with Crippen LogP contribution in [0.15, 0.2) is 64.5 Å². The Kier molecular flexibility index (Phi) is 8.07. The Labute approximate surface area is 228 Å². The zero-order chi connectivity index (χ0) is 25.8. The molecular formula is C27H28N4O3S3. The molecule has 10 heteroatoms. The number of ether oxygens (including phenoxy) is 1. The summed E-state index contributed by atoms with van der Waals surface area (Å²) in [6.45, 7) is 0.611. The standard InChI is InChI=1S/C27H28N4O3S3/c1-34-21-14-8-7-13-20(21)31-25(33)23-24(29-26(31)36-17-22(32)28-19-11-5-6-12-19)30(27(35)37-23)16-15-18-9-3-2-4-10-18/h2-4,7-10,13-14,19H,5-6,11-12,15-17H2,1H3,(H,28,32). The van der Waals surface area contributed by atoms with Gasteiger partial charge in [-0.15, -0.1) is 0 Å². The van der Waals surface area contributed by atoms with Gasteiger partial charge in [0.2, 0.25) is 5.91 Å². The predicted molar refractivity (Wildman–Crippen MR) is 152 cm³/mol. The zero-order valence-electron chi connectivity index (χ0n) is 20.5. The number of carbonyl (C=O) groups excluding carboxylic acids is 1. The Bertz CT molecular complexity index is 1520. The molecule has 5 rings (SSSR count). The van der Waals surface area contributed by atoms with E-state index in [-0.39, 0.29) is 23.3 Å². The van der Waals surface area contributed by atoms with Crippen LogP contribution in [0.25, 0.3) is 16.0 Å². The number of para-hydroxylation sites is 2. The topological polar surface area (TPSA) is 78.2 Å². The van der Waals surface area contributed by atoms with Gasteiger partial charge in [-0.05, 0) is 49.2 Å². The Balaban J connectivity index is 1.54. The molecule has 0 bridgehead atoms. The first-order valence-electron chi connectivity index (χ1n) is 12.3. The fourth-order valence-corrected chi connectivity index (χ4v) is 6.77. The van der Waals surface area contributed by atoms with E-state index in [1.165, 1.54) is 28.7 Å². The van der Waals surface area contributed by atoms with Crippen molar-refractivity contribution >= 4 is 51.6 Å². The van der Waals surface area contributed by atoms with Gasteiger partial charge >= 0.3 is 0 Å². The number of benzene rings is 2. The summed E-state index contributed by atoms with van der Waals surface area (Å²) in [7, 11) is 1.57. The lowest BCUT2D eigenvalue weighted by molar-refractivity contribution is -0.119. The smallest absolute Gasteiger partial charge is 0.278 e. The van der Waals surface area contributed by atoms with Crippen molar-refractivity contribution in [1.82, 2.24) is 19.4 Å².